The first-order valence-electron chi connectivity index (χ1n) is 9.01. The summed E-state index contributed by atoms with van der Waals surface area (Å²) in [5, 5.41) is 4.47. The molecule has 0 atom stereocenters. The molecule has 134 valence electrons. The van der Waals surface area contributed by atoms with Crippen molar-refractivity contribution < 1.29 is 9.53 Å². The van der Waals surface area contributed by atoms with Gasteiger partial charge in [-0.05, 0) is 31.7 Å². The third kappa shape index (κ3) is 3.14. The van der Waals surface area contributed by atoms with Gasteiger partial charge in [0.25, 0.3) is 5.56 Å². The number of hydrogen-bond donors (Lipinski definition) is 0. The van der Waals surface area contributed by atoms with Gasteiger partial charge in [0.1, 0.15) is 11.2 Å². The Morgan fingerprint density at radius 3 is 2.73 bits per heavy atom. The van der Waals surface area contributed by atoms with E-state index in [0.29, 0.717) is 12.5 Å². The maximum Gasteiger partial charge on any atom is 0.345 e. The lowest BCUT2D eigenvalue weighted by Gasteiger charge is -2.11. The van der Waals surface area contributed by atoms with E-state index in [2.05, 4.69) is 17.2 Å². The number of ether oxygens (including phenoxy) is 1. The van der Waals surface area contributed by atoms with E-state index in [0.717, 1.165) is 30.6 Å². The van der Waals surface area contributed by atoms with E-state index >= 15 is 0 Å². The standard InChI is InChI=1S/C20H21N3O3/c1-2-26-20(25)16-13-22(11-10-14-6-4-3-5-7-14)18-12-17(15-8-9-15)21-23(18)19(16)24/h3-7,12-13,15H,2,8-11H2,1H3. The summed E-state index contributed by atoms with van der Waals surface area (Å²) in [6.07, 6.45) is 4.61. The summed E-state index contributed by atoms with van der Waals surface area (Å²) in [6, 6.07) is 12.1. The van der Waals surface area contributed by atoms with Gasteiger partial charge >= 0.3 is 5.97 Å². The van der Waals surface area contributed by atoms with Crippen molar-refractivity contribution in [3.8, 4) is 0 Å². The average molecular weight is 351 g/mol. The number of benzene rings is 1. The zero-order chi connectivity index (χ0) is 18.1. The minimum Gasteiger partial charge on any atom is -0.462 e. The van der Waals surface area contributed by atoms with Crippen LogP contribution in [0.5, 0.6) is 0 Å². The lowest BCUT2D eigenvalue weighted by molar-refractivity contribution is 0.0522. The largest absolute Gasteiger partial charge is 0.462 e. The van der Waals surface area contributed by atoms with Gasteiger partial charge in [-0.25, -0.2) is 4.79 Å². The Balaban J connectivity index is 1.76. The Kier molecular flexibility index (Phi) is 4.32. The highest BCUT2D eigenvalue weighted by molar-refractivity contribution is 5.88. The maximum atomic E-state index is 12.7. The summed E-state index contributed by atoms with van der Waals surface area (Å²) in [4.78, 5) is 24.9. The molecule has 0 aliphatic heterocycles. The van der Waals surface area contributed by atoms with Crippen LogP contribution in [0.3, 0.4) is 0 Å². The first kappa shape index (κ1) is 16.6. The quantitative estimate of drug-likeness (QED) is 0.641. The molecule has 0 unspecified atom stereocenters. The lowest BCUT2D eigenvalue weighted by Crippen LogP contribution is -2.27. The van der Waals surface area contributed by atoms with Crippen molar-refractivity contribution in [2.24, 2.45) is 0 Å². The molecule has 0 bridgehead atoms. The Hall–Kier alpha value is -2.89. The fraction of sp³-hybridized carbons (Fsp3) is 0.350. The summed E-state index contributed by atoms with van der Waals surface area (Å²) < 4.78 is 8.33. The third-order valence-corrected chi connectivity index (χ3v) is 4.69. The molecule has 6 nitrogen and oxygen atoms in total. The monoisotopic (exact) mass is 351 g/mol. The van der Waals surface area contributed by atoms with E-state index in [4.69, 9.17) is 4.74 Å². The average Bonchev–Trinajstić information content (AvgIpc) is 3.41. The second-order valence-corrected chi connectivity index (χ2v) is 6.61. The molecule has 1 aromatic carbocycles. The predicted molar refractivity (Wildman–Crippen MR) is 97.5 cm³/mol. The summed E-state index contributed by atoms with van der Waals surface area (Å²) in [7, 11) is 0. The molecule has 0 radical (unpaired) electrons. The van der Waals surface area contributed by atoms with Crippen LogP contribution >= 0.6 is 0 Å². The molecule has 3 aromatic rings. The van der Waals surface area contributed by atoms with Gasteiger partial charge in [0.05, 0.1) is 12.3 Å². The van der Waals surface area contributed by atoms with Crippen LogP contribution in [-0.4, -0.2) is 26.8 Å². The number of rotatable bonds is 6. The van der Waals surface area contributed by atoms with Gasteiger partial charge < -0.3 is 9.30 Å². The molecule has 2 heterocycles. The molecule has 0 spiro atoms. The van der Waals surface area contributed by atoms with E-state index < -0.39 is 11.5 Å². The molecular formula is C20H21N3O3. The normalized spacial score (nSPS) is 13.9. The van der Waals surface area contributed by atoms with Crippen molar-refractivity contribution in [1.29, 1.82) is 0 Å². The van der Waals surface area contributed by atoms with Crippen molar-refractivity contribution in [3.05, 3.63) is 69.8 Å². The smallest absolute Gasteiger partial charge is 0.345 e. The van der Waals surface area contributed by atoms with Crippen molar-refractivity contribution >= 4 is 11.6 Å². The zero-order valence-electron chi connectivity index (χ0n) is 14.7. The van der Waals surface area contributed by atoms with Gasteiger partial charge in [-0.2, -0.15) is 9.61 Å². The Morgan fingerprint density at radius 1 is 1.27 bits per heavy atom. The van der Waals surface area contributed by atoms with E-state index in [1.165, 1.54) is 10.1 Å². The lowest BCUT2D eigenvalue weighted by atomic mass is 10.1. The van der Waals surface area contributed by atoms with Gasteiger partial charge in [0.15, 0.2) is 0 Å². The first-order valence-corrected chi connectivity index (χ1v) is 9.01. The SMILES string of the molecule is CCOC(=O)c1cn(CCc2ccccc2)c2cc(C3CC3)nn2c1=O. The molecule has 1 aliphatic carbocycles. The summed E-state index contributed by atoms with van der Waals surface area (Å²) in [6.45, 7) is 2.60. The Labute approximate surface area is 151 Å². The summed E-state index contributed by atoms with van der Waals surface area (Å²) in [5.41, 5.74) is 2.46. The van der Waals surface area contributed by atoms with Crippen molar-refractivity contribution in [2.45, 2.75) is 38.6 Å². The van der Waals surface area contributed by atoms with E-state index in [1.54, 1.807) is 13.1 Å². The topological polar surface area (TPSA) is 65.6 Å². The van der Waals surface area contributed by atoms with Crippen molar-refractivity contribution in [2.75, 3.05) is 6.61 Å². The van der Waals surface area contributed by atoms with E-state index in [9.17, 15) is 9.59 Å². The zero-order valence-corrected chi connectivity index (χ0v) is 14.7. The van der Waals surface area contributed by atoms with Gasteiger partial charge in [0, 0.05) is 24.7 Å². The molecular weight excluding hydrogens is 330 g/mol. The molecule has 0 N–H and O–H groups in total. The fourth-order valence-corrected chi connectivity index (χ4v) is 3.14. The minimum absolute atomic E-state index is 0.0258. The van der Waals surface area contributed by atoms with Crippen LogP contribution in [0.25, 0.3) is 5.65 Å². The fourth-order valence-electron chi connectivity index (χ4n) is 3.14. The molecule has 6 heteroatoms. The molecule has 4 rings (SSSR count). The maximum absolute atomic E-state index is 12.7. The van der Waals surface area contributed by atoms with Crippen LogP contribution in [0.15, 0.2) is 47.4 Å². The third-order valence-electron chi connectivity index (χ3n) is 4.69. The number of aryl methyl sites for hydroxylation is 2. The minimum atomic E-state index is -0.601. The van der Waals surface area contributed by atoms with Crippen molar-refractivity contribution in [3.63, 3.8) is 0 Å². The molecule has 0 saturated heterocycles. The van der Waals surface area contributed by atoms with Gasteiger partial charge in [-0.1, -0.05) is 30.3 Å². The molecule has 1 saturated carbocycles. The molecule has 1 fully saturated rings. The highest BCUT2D eigenvalue weighted by atomic mass is 16.5. The van der Waals surface area contributed by atoms with Gasteiger partial charge in [0.2, 0.25) is 0 Å². The number of esters is 1. The second kappa shape index (κ2) is 6.78. The molecule has 2 aromatic heterocycles. The highest BCUT2D eigenvalue weighted by Gasteiger charge is 2.28. The van der Waals surface area contributed by atoms with Crippen LogP contribution < -0.4 is 5.56 Å². The number of carbonyl (C=O) groups excluding carboxylic acids is 1. The van der Waals surface area contributed by atoms with Crippen LogP contribution in [0.1, 0.15) is 47.3 Å². The number of nitrogens with zero attached hydrogens (tertiary/aromatic N) is 3. The van der Waals surface area contributed by atoms with Crippen LogP contribution in [0, 0.1) is 0 Å². The number of fused-ring (bicyclic) bond motifs is 1. The molecule has 1 aliphatic rings. The molecule has 26 heavy (non-hydrogen) atoms. The second-order valence-electron chi connectivity index (χ2n) is 6.61. The van der Waals surface area contributed by atoms with Crippen LogP contribution in [-0.2, 0) is 17.7 Å². The highest BCUT2D eigenvalue weighted by Crippen LogP contribution is 2.39. The molecule has 0 amide bonds. The van der Waals surface area contributed by atoms with E-state index in [1.807, 2.05) is 28.8 Å². The summed E-state index contributed by atoms with van der Waals surface area (Å²) >= 11 is 0. The van der Waals surface area contributed by atoms with Crippen LogP contribution in [0.2, 0.25) is 0 Å². The number of carbonyl (C=O) groups is 1. The Morgan fingerprint density at radius 2 is 2.04 bits per heavy atom. The van der Waals surface area contributed by atoms with Crippen LogP contribution in [0.4, 0.5) is 0 Å². The first-order chi connectivity index (χ1) is 12.7. The summed E-state index contributed by atoms with van der Waals surface area (Å²) in [5.74, 6) is -0.167. The Bertz CT molecular complexity index is 1000. The van der Waals surface area contributed by atoms with E-state index in [-0.39, 0.29) is 12.2 Å². The van der Waals surface area contributed by atoms with Crippen molar-refractivity contribution in [1.82, 2.24) is 14.2 Å². The van der Waals surface area contributed by atoms with Gasteiger partial charge in [-0.3, -0.25) is 4.79 Å². The number of aromatic nitrogens is 3. The van der Waals surface area contributed by atoms with Gasteiger partial charge in [-0.15, -0.1) is 0 Å². The number of hydrogen-bond acceptors (Lipinski definition) is 4. The predicted octanol–water partition coefficient (Wildman–Crippen LogP) is 2.79.